The van der Waals surface area contributed by atoms with Crippen LogP contribution in [-0.2, 0) is 17.0 Å². The summed E-state index contributed by atoms with van der Waals surface area (Å²) in [4.78, 5) is 23.6. The van der Waals surface area contributed by atoms with Crippen LogP contribution >= 0.6 is 0 Å². The van der Waals surface area contributed by atoms with Crippen molar-refractivity contribution >= 4 is 17.6 Å². The Kier molecular flexibility index (Phi) is 5.59. The molecule has 1 aliphatic rings. The Balaban J connectivity index is 1.89. The molecule has 0 radical (unpaired) electrons. The first-order valence-electron chi connectivity index (χ1n) is 8.59. The van der Waals surface area contributed by atoms with Crippen molar-refractivity contribution in [1.82, 2.24) is 9.97 Å². The summed E-state index contributed by atoms with van der Waals surface area (Å²) in [5, 5.41) is 2.44. The van der Waals surface area contributed by atoms with Crippen LogP contribution in [0.2, 0.25) is 0 Å². The van der Waals surface area contributed by atoms with Crippen LogP contribution in [0.25, 0.3) is 0 Å². The topological polar surface area (TPSA) is 102 Å². The van der Waals surface area contributed by atoms with Gasteiger partial charge in [0.2, 0.25) is 0 Å². The van der Waals surface area contributed by atoms with Crippen molar-refractivity contribution in [2.75, 3.05) is 5.32 Å². The van der Waals surface area contributed by atoms with Gasteiger partial charge in [0.25, 0.3) is 11.9 Å². The van der Waals surface area contributed by atoms with Crippen LogP contribution in [0.4, 0.5) is 27.6 Å². The molecule has 12 heteroatoms. The van der Waals surface area contributed by atoms with E-state index in [0.29, 0.717) is 0 Å². The molecule has 0 spiro atoms. The molecule has 0 aliphatic carbocycles. The van der Waals surface area contributed by atoms with Crippen molar-refractivity contribution in [2.45, 2.75) is 37.8 Å². The van der Waals surface area contributed by atoms with Gasteiger partial charge in [0.05, 0.1) is 23.6 Å². The number of alkyl halides is 4. The second kappa shape index (κ2) is 7.84. The number of rotatable bonds is 4. The highest BCUT2D eigenvalue weighted by Crippen LogP contribution is 2.41. The summed E-state index contributed by atoms with van der Waals surface area (Å²) in [5.74, 6) is -1.55. The second-order valence-electron chi connectivity index (χ2n) is 6.75. The zero-order chi connectivity index (χ0) is 22.1. The fourth-order valence-corrected chi connectivity index (χ4v) is 2.97. The molecule has 1 aromatic heterocycles. The molecule has 2 aromatic rings. The third-order valence-corrected chi connectivity index (χ3v) is 4.45. The van der Waals surface area contributed by atoms with Gasteiger partial charge in [0.15, 0.2) is 6.10 Å². The predicted molar refractivity (Wildman–Crippen MR) is 95.7 cm³/mol. The number of nitrogens with zero attached hydrogens (tertiary/aromatic N) is 3. The van der Waals surface area contributed by atoms with Crippen LogP contribution in [0.1, 0.15) is 35.1 Å². The molecule has 3 rings (SSSR count). The standard InChI is InChI=1S/C18H16F5N5O2/c1-17(5-14(18(21,22)23)30-16(24)28-17)11-4-9(2-3-12(11)20)27-15(29)13-8-25-10(6-19)7-26-13/h2-4,7-8,14H,5-6H2,1H3,(H2,24,28)(H,27,29)/t14-,17-/m0/s1. The Morgan fingerprint density at radius 1 is 1.33 bits per heavy atom. The number of aliphatic imine (C=N–C) groups is 1. The third kappa shape index (κ3) is 4.47. The van der Waals surface area contributed by atoms with Gasteiger partial charge in [-0.15, -0.1) is 0 Å². The summed E-state index contributed by atoms with van der Waals surface area (Å²) in [6, 6.07) is 2.64. The van der Waals surface area contributed by atoms with E-state index in [-0.39, 0.29) is 22.6 Å². The van der Waals surface area contributed by atoms with Crippen LogP contribution in [0, 0.1) is 5.82 Å². The molecule has 2 atom stereocenters. The van der Waals surface area contributed by atoms with E-state index in [1.165, 1.54) is 13.0 Å². The molecule has 1 aliphatic heterocycles. The first-order chi connectivity index (χ1) is 14.0. The van der Waals surface area contributed by atoms with E-state index in [1.54, 1.807) is 0 Å². The maximum Gasteiger partial charge on any atom is 0.425 e. The number of carbonyl (C=O) groups is 1. The number of anilines is 1. The first kappa shape index (κ1) is 21.4. The van der Waals surface area contributed by atoms with Crippen LogP contribution in [0.3, 0.4) is 0 Å². The van der Waals surface area contributed by atoms with Crippen molar-refractivity contribution in [1.29, 1.82) is 0 Å². The molecular formula is C18H16F5N5O2. The number of hydrogen-bond donors (Lipinski definition) is 2. The van der Waals surface area contributed by atoms with E-state index < -0.39 is 48.7 Å². The lowest BCUT2D eigenvalue weighted by atomic mass is 9.85. The van der Waals surface area contributed by atoms with Gasteiger partial charge in [-0.3, -0.25) is 9.78 Å². The number of hydrogen-bond acceptors (Lipinski definition) is 6. The van der Waals surface area contributed by atoms with E-state index in [4.69, 9.17) is 5.73 Å². The van der Waals surface area contributed by atoms with Gasteiger partial charge in [0.1, 0.15) is 18.2 Å². The second-order valence-corrected chi connectivity index (χ2v) is 6.75. The lowest BCUT2D eigenvalue weighted by Gasteiger charge is -2.36. The number of benzene rings is 1. The SMILES string of the molecule is C[C@@]1(c2cc(NC(=O)c3cnc(CF)cn3)ccc2F)C[C@@H](C(F)(F)F)OC(N)=N1. The molecule has 3 N–H and O–H groups in total. The lowest BCUT2D eigenvalue weighted by molar-refractivity contribution is -0.208. The molecule has 160 valence electrons. The average Bonchev–Trinajstić information content (AvgIpc) is 2.68. The van der Waals surface area contributed by atoms with Crippen molar-refractivity contribution in [3.05, 3.63) is 53.4 Å². The minimum atomic E-state index is -4.73. The molecule has 0 fully saturated rings. The van der Waals surface area contributed by atoms with E-state index in [2.05, 4.69) is 25.0 Å². The van der Waals surface area contributed by atoms with E-state index >= 15 is 0 Å². The van der Waals surface area contributed by atoms with Gasteiger partial charge in [-0.2, -0.15) is 13.2 Å². The highest BCUT2D eigenvalue weighted by atomic mass is 19.4. The van der Waals surface area contributed by atoms with Crippen molar-refractivity contribution < 1.29 is 31.5 Å². The molecule has 0 unspecified atom stereocenters. The zero-order valence-electron chi connectivity index (χ0n) is 15.5. The van der Waals surface area contributed by atoms with Crippen LogP contribution in [-0.4, -0.2) is 34.2 Å². The quantitative estimate of drug-likeness (QED) is 0.727. The van der Waals surface area contributed by atoms with Crippen molar-refractivity contribution in [3.63, 3.8) is 0 Å². The Morgan fingerprint density at radius 3 is 2.67 bits per heavy atom. The van der Waals surface area contributed by atoms with Crippen LogP contribution in [0.5, 0.6) is 0 Å². The van der Waals surface area contributed by atoms with Gasteiger partial charge in [-0.05, 0) is 25.1 Å². The van der Waals surface area contributed by atoms with E-state index in [0.717, 1.165) is 24.5 Å². The molecule has 7 nitrogen and oxygen atoms in total. The summed E-state index contributed by atoms with van der Waals surface area (Å²) in [6.07, 6.45) is -5.55. The number of aromatic nitrogens is 2. The number of nitrogens with two attached hydrogens (primary N) is 1. The van der Waals surface area contributed by atoms with Gasteiger partial charge in [-0.1, -0.05) is 0 Å². The fourth-order valence-electron chi connectivity index (χ4n) is 2.97. The number of amidine groups is 1. The smallest absolute Gasteiger partial charge is 0.425 e. The Morgan fingerprint density at radius 2 is 2.07 bits per heavy atom. The van der Waals surface area contributed by atoms with Crippen molar-refractivity contribution in [3.8, 4) is 0 Å². The van der Waals surface area contributed by atoms with Gasteiger partial charge < -0.3 is 15.8 Å². The lowest BCUT2D eigenvalue weighted by Crippen LogP contribution is -2.46. The summed E-state index contributed by atoms with van der Waals surface area (Å²) in [6.45, 7) is 0.438. The normalized spacial score (nSPS) is 21.5. The predicted octanol–water partition coefficient (Wildman–Crippen LogP) is 3.22. The molecule has 0 saturated heterocycles. The van der Waals surface area contributed by atoms with E-state index in [1.807, 2.05) is 0 Å². The Labute approximate surface area is 167 Å². The van der Waals surface area contributed by atoms with Gasteiger partial charge >= 0.3 is 6.18 Å². The highest BCUT2D eigenvalue weighted by Gasteiger charge is 2.50. The van der Waals surface area contributed by atoms with Crippen LogP contribution in [0.15, 0.2) is 35.6 Å². The molecule has 1 aromatic carbocycles. The summed E-state index contributed by atoms with van der Waals surface area (Å²) in [7, 11) is 0. The molecule has 0 bridgehead atoms. The average molecular weight is 429 g/mol. The summed E-state index contributed by atoms with van der Waals surface area (Å²) < 4.78 is 71.0. The molecule has 1 amide bonds. The zero-order valence-corrected chi connectivity index (χ0v) is 15.5. The van der Waals surface area contributed by atoms with Gasteiger partial charge in [-0.25, -0.2) is 18.8 Å². The molecule has 0 saturated carbocycles. The first-order valence-corrected chi connectivity index (χ1v) is 8.59. The summed E-state index contributed by atoms with van der Waals surface area (Å²) >= 11 is 0. The summed E-state index contributed by atoms with van der Waals surface area (Å²) in [5.41, 5.74) is 3.49. The molecular weight excluding hydrogens is 413 g/mol. The van der Waals surface area contributed by atoms with E-state index in [9.17, 15) is 26.7 Å². The number of nitrogens with one attached hydrogen (secondary N) is 1. The maximum atomic E-state index is 14.5. The minimum absolute atomic E-state index is 0.0396. The largest absolute Gasteiger partial charge is 0.452 e. The minimum Gasteiger partial charge on any atom is -0.452 e. The fraction of sp³-hybridized carbons (Fsp3) is 0.333. The maximum absolute atomic E-state index is 14.5. The van der Waals surface area contributed by atoms with Gasteiger partial charge in [0, 0.05) is 17.7 Å². The molecule has 30 heavy (non-hydrogen) atoms. The monoisotopic (exact) mass is 429 g/mol. The highest BCUT2D eigenvalue weighted by molar-refractivity contribution is 6.02. The van der Waals surface area contributed by atoms with Crippen LogP contribution < -0.4 is 11.1 Å². The number of carbonyl (C=O) groups excluding carboxylic acids is 1. The number of ether oxygens (including phenoxy) is 1. The Hall–Kier alpha value is -3.31. The number of halogens is 5. The Bertz CT molecular complexity index is 980. The molecule has 2 heterocycles. The third-order valence-electron chi connectivity index (χ3n) is 4.45. The number of amides is 1. The van der Waals surface area contributed by atoms with Crippen molar-refractivity contribution in [2.24, 2.45) is 10.7 Å².